The average molecular weight is 280 g/mol. The van der Waals surface area contributed by atoms with Crippen LogP contribution in [0.2, 0.25) is 0 Å². The fourth-order valence-electron chi connectivity index (χ4n) is 2.71. The molecule has 0 saturated carbocycles. The first-order valence-corrected chi connectivity index (χ1v) is 7.32. The molecule has 0 radical (unpaired) electrons. The van der Waals surface area contributed by atoms with Gasteiger partial charge in [0.05, 0.1) is 19.9 Å². The van der Waals surface area contributed by atoms with E-state index in [1.165, 1.54) is 20.0 Å². The molecule has 0 amide bonds. The first-order valence-electron chi connectivity index (χ1n) is 7.32. The van der Waals surface area contributed by atoms with Gasteiger partial charge in [-0.3, -0.25) is 4.90 Å². The Morgan fingerprint density at radius 3 is 3.10 bits per heavy atom. The largest absolute Gasteiger partial charge is 0.467 e. The summed E-state index contributed by atoms with van der Waals surface area (Å²) in [5.41, 5.74) is 0.535. The summed E-state index contributed by atoms with van der Waals surface area (Å²) in [6.07, 6.45) is 4.07. The van der Waals surface area contributed by atoms with E-state index in [0.29, 0.717) is 23.8 Å². The number of furan rings is 1. The molecule has 1 atom stereocenters. The number of carbonyl (C=O) groups is 1. The van der Waals surface area contributed by atoms with Gasteiger partial charge in [0.1, 0.15) is 11.3 Å². The predicted octanol–water partition coefficient (Wildman–Crippen LogP) is 1.89. The lowest BCUT2D eigenvalue weighted by Gasteiger charge is -2.29. The molecule has 2 rings (SSSR count). The molecule has 1 N–H and O–H groups in total. The fourth-order valence-corrected chi connectivity index (χ4v) is 2.71. The van der Waals surface area contributed by atoms with Gasteiger partial charge in [-0.25, -0.2) is 4.79 Å². The minimum absolute atomic E-state index is 0.330. The molecule has 5 heteroatoms. The number of rotatable bonds is 6. The SMILES string of the molecule is CCN(Cc1occc1C(=O)OC)CC1CCCNC1. The van der Waals surface area contributed by atoms with Crippen LogP contribution in [-0.2, 0) is 11.3 Å². The van der Waals surface area contributed by atoms with Crippen molar-refractivity contribution in [2.75, 3.05) is 33.3 Å². The van der Waals surface area contributed by atoms with E-state index < -0.39 is 0 Å². The van der Waals surface area contributed by atoms with Gasteiger partial charge in [-0.15, -0.1) is 0 Å². The molecule has 0 aromatic carbocycles. The van der Waals surface area contributed by atoms with Crippen molar-refractivity contribution in [3.05, 3.63) is 23.7 Å². The minimum Gasteiger partial charge on any atom is -0.467 e. The van der Waals surface area contributed by atoms with Crippen LogP contribution in [0.1, 0.15) is 35.9 Å². The molecule has 1 aromatic heterocycles. The zero-order valence-electron chi connectivity index (χ0n) is 12.4. The van der Waals surface area contributed by atoms with Crippen molar-refractivity contribution in [2.24, 2.45) is 5.92 Å². The Balaban J connectivity index is 1.95. The highest BCUT2D eigenvalue weighted by Crippen LogP contribution is 2.17. The van der Waals surface area contributed by atoms with Crippen molar-refractivity contribution >= 4 is 5.97 Å². The highest BCUT2D eigenvalue weighted by molar-refractivity contribution is 5.90. The van der Waals surface area contributed by atoms with Gasteiger partial charge in [-0.1, -0.05) is 6.92 Å². The number of nitrogens with zero attached hydrogens (tertiary/aromatic N) is 1. The Hall–Kier alpha value is -1.33. The van der Waals surface area contributed by atoms with E-state index in [2.05, 4.69) is 17.1 Å². The molecular formula is C15H24N2O3. The Morgan fingerprint density at radius 1 is 1.60 bits per heavy atom. The summed E-state index contributed by atoms with van der Waals surface area (Å²) in [7, 11) is 1.39. The summed E-state index contributed by atoms with van der Waals surface area (Å²) < 4.78 is 10.2. The van der Waals surface area contributed by atoms with E-state index in [-0.39, 0.29) is 5.97 Å². The molecule has 1 saturated heterocycles. The molecular weight excluding hydrogens is 256 g/mol. The van der Waals surface area contributed by atoms with Crippen LogP contribution < -0.4 is 5.32 Å². The van der Waals surface area contributed by atoms with E-state index in [1.807, 2.05) is 0 Å². The fraction of sp³-hybridized carbons (Fsp3) is 0.667. The number of nitrogens with one attached hydrogen (secondary N) is 1. The van der Waals surface area contributed by atoms with E-state index >= 15 is 0 Å². The topological polar surface area (TPSA) is 54.7 Å². The quantitative estimate of drug-likeness (QED) is 0.806. The number of hydrogen-bond acceptors (Lipinski definition) is 5. The van der Waals surface area contributed by atoms with Gasteiger partial charge in [-0.05, 0) is 44.5 Å². The highest BCUT2D eigenvalue weighted by atomic mass is 16.5. The lowest BCUT2D eigenvalue weighted by atomic mass is 9.99. The molecule has 20 heavy (non-hydrogen) atoms. The zero-order chi connectivity index (χ0) is 14.4. The zero-order valence-corrected chi connectivity index (χ0v) is 12.4. The molecule has 1 aliphatic heterocycles. The van der Waals surface area contributed by atoms with Crippen LogP contribution in [0, 0.1) is 5.92 Å². The van der Waals surface area contributed by atoms with Gasteiger partial charge in [0.15, 0.2) is 0 Å². The van der Waals surface area contributed by atoms with Crippen LogP contribution in [0.15, 0.2) is 16.7 Å². The van der Waals surface area contributed by atoms with E-state index in [4.69, 9.17) is 9.15 Å². The van der Waals surface area contributed by atoms with Gasteiger partial charge < -0.3 is 14.5 Å². The van der Waals surface area contributed by atoms with Crippen molar-refractivity contribution in [1.29, 1.82) is 0 Å². The molecule has 1 aliphatic rings. The minimum atomic E-state index is -0.330. The third-order valence-corrected chi connectivity index (χ3v) is 3.88. The van der Waals surface area contributed by atoms with Crippen molar-refractivity contribution in [1.82, 2.24) is 10.2 Å². The lowest BCUT2D eigenvalue weighted by molar-refractivity contribution is 0.0596. The second kappa shape index (κ2) is 7.45. The molecule has 1 fully saturated rings. The molecule has 0 aliphatic carbocycles. The number of hydrogen-bond donors (Lipinski definition) is 1. The van der Waals surface area contributed by atoms with E-state index in [9.17, 15) is 4.79 Å². The number of esters is 1. The molecule has 0 bridgehead atoms. The monoisotopic (exact) mass is 280 g/mol. The van der Waals surface area contributed by atoms with E-state index in [0.717, 1.165) is 26.2 Å². The smallest absolute Gasteiger partial charge is 0.341 e. The summed E-state index contributed by atoms with van der Waals surface area (Å²) in [4.78, 5) is 14.0. The first-order chi connectivity index (χ1) is 9.74. The normalized spacial score (nSPS) is 19.2. The van der Waals surface area contributed by atoms with Gasteiger partial charge in [-0.2, -0.15) is 0 Å². The van der Waals surface area contributed by atoms with Gasteiger partial charge in [0, 0.05) is 6.54 Å². The third kappa shape index (κ3) is 3.84. The van der Waals surface area contributed by atoms with Gasteiger partial charge >= 0.3 is 5.97 Å². The molecule has 112 valence electrons. The highest BCUT2D eigenvalue weighted by Gasteiger charge is 2.20. The lowest BCUT2D eigenvalue weighted by Crippen LogP contribution is -2.38. The summed E-state index contributed by atoms with van der Waals surface area (Å²) in [6, 6.07) is 1.68. The third-order valence-electron chi connectivity index (χ3n) is 3.88. The number of methoxy groups -OCH3 is 1. The molecule has 2 heterocycles. The Morgan fingerprint density at radius 2 is 2.45 bits per heavy atom. The van der Waals surface area contributed by atoms with Crippen molar-refractivity contribution in [3.8, 4) is 0 Å². The first kappa shape index (κ1) is 15.1. The Kier molecular flexibility index (Phi) is 5.61. The van der Waals surface area contributed by atoms with Crippen LogP contribution >= 0.6 is 0 Å². The second-order valence-corrected chi connectivity index (χ2v) is 5.29. The molecule has 1 unspecified atom stereocenters. The van der Waals surface area contributed by atoms with Crippen molar-refractivity contribution < 1.29 is 13.9 Å². The van der Waals surface area contributed by atoms with Gasteiger partial charge in [0.2, 0.25) is 0 Å². The summed E-state index contributed by atoms with van der Waals surface area (Å²) in [6.45, 7) is 6.98. The Labute approximate surface area is 120 Å². The molecule has 5 nitrogen and oxygen atoms in total. The Bertz CT molecular complexity index is 425. The standard InChI is InChI=1S/C15H24N2O3/c1-3-17(10-12-5-4-7-16-9-12)11-14-13(6-8-20-14)15(18)19-2/h6,8,12,16H,3-5,7,9-11H2,1-2H3. The summed E-state index contributed by atoms with van der Waals surface area (Å²) in [5, 5.41) is 3.44. The van der Waals surface area contributed by atoms with Gasteiger partial charge in [0.25, 0.3) is 0 Å². The van der Waals surface area contributed by atoms with Crippen LogP contribution in [0.25, 0.3) is 0 Å². The number of piperidine rings is 1. The summed E-state index contributed by atoms with van der Waals surface area (Å²) >= 11 is 0. The van der Waals surface area contributed by atoms with E-state index in [1.54, 1.807) is 12.3 Å². The second-order valence-electron chi connectivity index (χ2n) is 5.29. The predicted molar refractivity (Wildman–Crippen MR) is 76.6 cm³/mol. The van der Waals surface area contributed by atoms with Crippen LogP contribution in [0.3, 0.4) is 0 Å². The molecule has 1 aromatic rings. The van der Waals surface area contributed by atoms with Crippen LogP contribution in [0.4, 0.5) is 0 Å². The summed E-state index contributed by atoms with van der Waals surface area (Å²) in [5.74, 6) is 1.05. The van der Waals surface area contributed by atoms with Crippen molar-refractivity contribution in [2.45, 2.75) is 26.3 Å². The van der Waals surface area contributed by atoms with Crippen LogP contribution in [0.5, 0.6) is 0 Å². The maximum Gasteiger partial charge on any atom is 0.341 e. The molecule has 0 spiro atoms. The van der Waals surface area contributed by atoms with Crippen LogP contribution in [-0.4, -0.2) is 44.2 Å². The average Bonchev–Trinajstić information content (AvgIpc) is 2.95. The number of carbonyl (C=O) groups excluding carboxylic acids is 1. The van der Waals surface area contributed by atoms with Crippen molar-refractivity contribution in [3.63, 3.8) is 0 Å². The number of ether oxygens (including phenoxy) is 1. The maximum absolute atomic E-state index is 11.6. The maximum atomic E-state index is 11.6.